The second-order valence-corrected chi connectivity index (χ2v) is 6.40. The lowest BCUT2D eigenvalue weighted by Gasteiger charge is -2.42. The Labute approximate surface area is 135 Å². The molecule has 0 atom stereocenters. The highest BCUT2D eigenvalue weighted by Gasteiger charge is 2.42. The van der Waals surface area contributed by atoms with Gasteiger partial charge >= 0.3 is 0 Å². The number of piperidine rings is 1. The number of rotatable bonds is 3. The number of hydrogen-bond acceptors (Lipinski definition) is 4. The summed E-state index contributed by atoms with van der Waals surface area (Å²) >= 11 is 0. The highest BCUT2D eigenvalue weighted by molar-refractivity contribution is 5.42. The lowest BCUT2D eigenvalue weighted by molar-refractivity contribution is -0.0383. The van der Waals surface area contributed by atoms with Crippen molar-refractivity contribution in [3.63, 3.8) is 0 Å². The third-order valence-corrected chi connectivity index (χ3v) is 4.92. The van der Waals surface area contributed by atoms with Crippen molar-refractivity contribution in [2.45, 2.75) is 24.7 Å². The first-order valence-corrected chi connectivity index (χ1v) is 8.19. The van der Waals surface area contributed by atoms with Crippen LogP contribution in [0.1, 0.15) is 30.4 Å². The van der Waals surface area contributed by atoms with E-state index in [0.29, 0.717) is 13.2 Å². The molecule has 3 heterocycles. The summed E-state index contributed by atoms with van der Waals surface area (Å²) in [6.07, 6.45) is 7.52. The van der Waals surface area contributed by atoms with Crippen molar-refractivity contribution in [1.29, 1.82) is 0 Å². The SMILES string of the molecule is Fc1ccc(C2(c3cnc(N4CCCCC4)nc3)COC2)cc1. The second-order valence-electron chi connectivity index (χ2n) is 6.40. The summed E-state index contributed by atoms with van der Waals surface area (Å²) < 4.78 is 18.7. The molecule has 0 unspecified atom stereocenters. The Kier molecular flexibility index (Phi) is 3.73. The summed E-state index contributed by atoms with van der Waals surface area (Å²) in [7, 11) is 0. The highest BCUT2D eigenvalue weighted by atomic mass is 19.1. The highest BCUT2D eigenvalue weighted by Crippen LogP contribution is 2.38. The van der Waals surface area contributed by atoms with Crippen LogP contribution in [0.25, 0.3) is 0 Å². The van der Waals surface area contributed by atoms with E-state index in [1.807, 2.05) is 24.5 Å². The van der Waals surface area contributed by atoms with Crippen molar-refractivity contribution in [3.05, 3.63) is 53.6 Å². The molecule has 0 bridgehead atoms. The minimum Gasteiger partial charge on any atom is -0.379 e. The average molecular weight is 313 g/mol. The molecule has 4 nitrogen and oxygen atoms in total. The third kappa shape index (κ3) is 2.59. The van der Waals surface area contributed by atoms with E-state index in [-0.39, 0.29) is 11.2 Å². The first kappa shape index (κ1) is 14.6. The number of halogens is 1. The zero-order chi connectivity index (χ0) is 15.7. The van der Waals surface area contributed by atoms with E-state index in [4.69, 9.17) is 4.74 Å². The summed E-state index contributed by atoms with van der Waals surface area (Å²) in [5.41, 5.74) is 1.85. The van der Waals surface area contributed by atoms with Gasteiger partial charge in [-0.15, -0.1) is 0 Å². The second kappa shape index (κ2) is 5.89. The molecule has 2 aliphatic heterocycles. The molecule has 5 heteroatoms. The van der Waals surface area contributed by atoms with Gasteiger partial charge in [-0.05, 0) is 37.0 Å². The molecule has 0 radical (unpaired) electrons. The normalized spacial score (nSPS) is 20.1. The lowest BCUT2D eigenvalue weighted by Crippen LogP contribution is -2.47. The van der Waals surface area contributed by atoms with Gasteiger partial charge in [0.1, 0.15) is 5.82 Å². The van der Waals surface area contributed by atoms with E-state index < -0.39 is 0 Å². The molecule has 1 aromatic carbocycles. The molecule has 0 aliphatic carbocycles. The van der Waals surface area contributed by atoms with Gasteiger partial charge in [0, 0.05) is 31.0 Å². The maximum atomic E-state index is 13.2. The van der Waals surface area contributed by atoms with Gasteiger partial charge in [0.2, 0.25) is 5.95 Å². The quantitative estimate of drug-likeness (QED) is 0.873. The van der Waals surface area contributed by atoms with Crippen LogP contribution in [0.5, 0.6) is 0 Å². The molecule has 2 fully saturated rings. The summed E-state index contributed by atoms with van der Waals surface area (Å²) in [5.74, 6) is 0.587. The summed E-state index contributed by atoms with van der Waals surface area (Å²) in [5, 5.41) is 0. The Morgan fingerprint density at radius 3 is 2.13 bits per heavy atom. The topological polar surface area (TPSA) is 38.2 Å². The molecule has 2 aliphatic rings. The predicted octanol–water partition coefficient (Wildman–Crippen LogP) is 2.92. The molecular weight excluding hydrogens is 293 g/mol. The fourth-order valence-corrected chi connectivity index (χ4v) is 3.40. The van der Waals surface area contributed by atoms with Crippen molar-refractivity contribution in [3.8, 4) is 0 Å². The first-order chi connectivity index (χ1) is 11.3. The monoisotopic (exact) mass is 313 g/mol. The van der Waals surface area contributed by atoms with Crippen LogP contribution in [0.15, 0.2) is 36.7 Å². The summed E-state index contributed by atoms with van der Waals surface area (Å²) in [6, 6.07) is 6.66. The molecule has 0 saturated carbocycles. The van der Waals surface area contributed by atoms with Crippen LogP contribution in [0, 0.1) is 5.82 Å². The van der Waals surface area contributed by atoms with Crippen LogP contribution < -0.4 is 4.90 Å². The molecule has 23 heavy (non-hydrogen) atoms. The standard InChI is InChI=1S/C18H20FN3O/c19-16-6-4-14(5-7-16)18(12-23-13-18)15-10-20-17(21-11-15)22-8-2-1-3-9-22/h4-7,10-11H,1-3,8-9,12-13H2. The molecule has 2 saturated heterocycles. The number of hydrogen-bond donors (Lipinski definition) is 0. The van der Waals surface area contributed by atoms with E-state index >= 15 is 0 Å². The van der Waals surface area contributed by atoms with Crippen molar-refractivity contribution in [2.75, 3.05) is 31.2 Å². The van der Waals surface area contributed by atoms with Gasteiger partial charge in [-0.2, -0.15) is 0 Å². The van der Waals surface area contributed by atoms with Gasteiger partial charge in [-0.3, -0.25) is 0 Å². The van der Waals surface area contributed by atoms with E-state index in [0.717, 1.165) is 30.2 Å². The number of benzene rings is 1. The Morgan fingerprint density at radius 2 is 1.57 bits per heavy atom. The fraction of sp³-hybridized carbons (Fsp3) is 0.444. The summed E-state index contributed by atoms with van der Waals surface area (Å²) in [6.45, 7) is 3.24. The van der Waals surface area contributed by atoms with E-state index in [9.17, 15) is 4.39 Å². The Balaban J connectivity index is 1.61. The minimum absolute atomic E-state index is 0.221. The molecule has 0 amide bonds. The van der Waals surface area contributed by atoms with Gasteiger partial charge in [-0.25, -0.2) is 14.4 Å². The van der Waals surface area contributed by atoms with Gasteiger partial charge in [-0.1, -0.05) is 12.1 Å². The fourth-order valence-electron chi connectivity index (χ4n) is 3.40. The van der Waals surface area contributed by atoms with E-state index in [2.05, 4.69) is 14.9 Å². The van der Waals surface area contributed by atoms with Crippen molar-refractivity contribution in [1.82, 2.24) is 9.97 Å². The number of nitrogens with zero attached hydrogens (tertiary/aromatic N) is 3. The van der Waals surface area contributed by atoms with Crippen LogP contribution >= 0.6 is 0 Å². The Hall–Kier alpha value is -2.01. The Bertz CT molecular complexity index is 662. The van der Waals surface area contributed by atoms with E-state index in [1.165, 1.54) is 31.4 Å². The van der Waals surface area contributed by atoms with Crippen LogP contribution in [-0.2, 0) is 10.2 Å². The van der Waals surface area contributed by atoms with Crippen LogP contribution in [0.4, 0.5) is 10.3 Å². The Morgan fingerprint density at radius 1 is 0.913 bits per heavy atom. The average Bonchev–Trinajstić information content (AvgIpc) is 2.57. The molecule has 1 aromatic heterocycles. The molecule has 0 N–H and O–H groups in total. The van der Waals surface area contributed by atoms with Crippen LogP contribution in [0.3, 0.4) is 0 Å². The van der Waals surface area contributed by atoms with Gasteiger partial charge in [0.25, 0.3) is 0 Å². The van der Waals surface area contributed by atoms with Crippen molar-refractivity contribution < 1.29 is 9.13 Å². The van der Waals surface area contributed by atoms with Crippen molar-refractivity contribution in [2.24, 2.45) is 0 Å². The molecule has 0 spiro atoms. The van der Waals surface area contributed by atoms with Crippen molar-refractivity contribution >= 4 is 5.95 Å². The molecular formula is C18H20FN3O. The zero-order valence-electron chi connectivity index (χ0n) is 13.0. The smallest absolute Gasteiger partial charge is 0.225 e. The number of anilines is 1. The zero-order valence-corrected chi connectivity index (χ0v) is 13.0. The van der Waals surface area contributed by atoms with Crippen LogP contribution in [0.2, 0.25) is 0 Å². The summed E-state index contributed by atoms with van der Waals surface area (Å²) in [4.78, 5) is 11.4. The molecule has 4 rings (SSSR count). The predicted molar refractivity (Wildman–Crippen MR) is 86.1 cm³/mol. The molecule has 2 aromatic rings. The number of ether oxygens (including phenoxy) is 1. The molecule has 120 valence electrons. The first-order valence-electron chi connectivity index (χ1n) is 8.19. The lowest BCUT2D eigenvalue weighted by atomic mass is 9.74. The maximum Gasteiger partial charge on any atom is 0.225 e. The van der Waals surface area contributed by atoms with E-state index in [1.54, 1.807) is 0 Å². The van der Waals surface area contributed by atoms with Gasteiger partial charge in [0.05, 0.1) is 18.6 Å². The third-order valence-electron chi connectivity index (χ3n) is 4.92. The van der Waals surface area contributed by atoms with Crippen LogP contribution in [-0.4, -0.2) is 36.3 Å². The van der Waals surface area contributed by atoms with Gasteiger partial charge < -0.3 is 9.64 Å². The minimum atomic E-state index is -0.242. The van der Waals surface area contributed by atoms with Gasteiger partial charge in [0.15, 0.2) is 0 Å². The maximum absolute atomic E-state index is 13.2. The number of aromatic nitrogens is 2. The largest absolute Gasteiger partial charge is 0.379 e.